The second kappa shape index (κ2) is 11.6. The Morgan fingerprint density at radius 3 is 1.62 bits per heavy atom. The quantitative estimate of drug-likeness (QED) is 0.172. The van der Waals surface area contributed by atoms with Crippen LogP contribution in [-0.2, 0) is 0 Å². The first-order valence-electron chi connectivity index (χ1n) is 17.4. The number of benzene rings is 7. The molecular formula is C47H27N3S2. The van der Waals surface area contributed by atoms with Crippen molar-refractivity contribution in [2.45, 2.75) is 0 Å². The third-order valence-electron chi connectivity index (χ3n) is 10.1. The normalized spacial score (nSPS) is 11.8. The van der Waals surface area contributed by atoms with Crippen molar-refractivity contribution in [2.24, 2.45) is 0 Å². The largest absolute Gasteiger partial charge is 0.246 e. The van der Waals surface area contributed by atoms with Crippen molar-refractivity contribution in [3.05, 3.63) is 164 Å². The summed E-state index contributed by atoms with van der Waals surface area (Å²) in [7, 11) is 0. The summed E-state index contributed by atoms with van der Waals surface area (Å²) in [4.78, 5) is 15.6. The highest BCUT2D eigenvalue weighted by molar-refractivity contribution is 7.26. The maximum atomic E-state index is 5.41. The molecule has 4 heterocycles. The number of thiophene rings is 2. The second-order valence-corrected chi connectivity index (χ2v) is 15.2. The molecule has 7 aromatic carbocycles. The number of pyridine rings is 1. The summed E-state index contributed by atoms with van der Waals surface area (Å²) in [5, 5.41) is 7.34. The molecule has 0 spiro atoms. The number of aromatic nitrogens is 3. The van der Waals surface area contributed by atoms with Gasteiger partial charge in [-0.2, -0.15) is 0 Å². The average Bonchev–Trinajstić information content (AvgIpc) is 3.80. The van der Waals surface area contributed by atoms with Crippen LogP contribution in [0.5, 0.6) is 0 Å². The molecule has 0 fully saturated rings. The van der Waals surface area contributed by atoms with Gasteiger partial charge in [0.05, 0.1) is 31.8 Å². The van der Waals surface area contributed by atoms with E-state index in [0.29, 0.717) is 0 Å². The summed E-state index contributed by atoms with van der Waals surface area (Å²) < 4.78 is 4.84. The summed E-state index contributed by atoms with van der Waals surface area (Å²) in [5.41, 5.74) is 9.59. The zero-order valence-corrected chi connectivity index (χ0v) is 29.4. The standard InChI is InChI=1S/C47H27N3S2/c1-2-11-33(12-3-1)47-49-42(46-44(50-47)36-15-7-9-17-39(36)52-46)32-24-20-29(21-25-32)28-18-22-31(23-19-28)41-45-40(35-14-6-8-16-38(35)51-45)37-27-26-30-10-4-5-13-34(30)43(37)48-41/h1-27H. The maximum Gasteiger partial charge on any atom is 0.160 e. The van der Waals surface area contributed by atoms with E-state index in [-0.39, 0.29) is 0 Å². The molecule has 11 aromatic rings. The fraction of sp³-hybridized carbons (Fsp3) is 0. The van der Waals surface area contributed by atoms with Crippen molar-refractivity contribution in [2.75, 3.05) is 0 Å². The molecule has 3 nitrogen and oxygen atoms in total. The minimum absolute atomic E-state index is 0.745. The van der Waals surface area contributed by atoms with Crippen LogP contribution in [0.1, 0.15) is 0 Å². The third-order valence-corrected chi connectivity index (χ3v) is 12.5. The van der Waals surface area contributed by atoms with E-state index in [2.05, 4.69) is 146 Å². The molecule has 11 rings (SSSR count). The Labute approximate surface area is 307 Å². The number of hydrogen-bond acceptors (Lipinski definition) is 5. The van der Waals surface area contributed by atoms with Crippen LogP contribution in [0.4, 0.5) is 0 Å². The fourth-order valence-electron chi connectivity index (χ4n) is 7.56. The van der Waals surface area contributed by atoms with Gasteiger partial charge in [-0.05, 0) is 28.6 Å². The van der Waals surface area contributed by atoms with Crippen LogP contribution in [0.25, 0.3) is 107 Å². The lowest BCUT2D eigenvalue weighted by atomic mass is 9.98. The summed E-state index contributed by atoms with van der Waals surface area (Å²) in [5.74, 6) is 0.745. The highest BCUT2D eigenvalue weighted by atomic mass is 32.1. The fourth-order valence-corrected chi connectivity index (χ4v) is 9.94. The van der Waals surface area contributed by atoms with Gasteiger partial charge in [0.2, 0.25) is 0 Å². The first kappa shape index (κ1) is 29.5. The molecule has 0 aliphatic heterocycles. The Morgan fingerprint density at radius 2 is 0.885 bits per heavy atom. The Kier molecular flexibility index (Phi) is 6.59. The molecule has 242 valence electrons. The number of nitrogens with zero attached hydrogens (tertiary/aromatic N) is 3. The molecule has 0 atom stereocenters. The van der Waals surface area contributed by atoms with Crippen LogP contribution in [0, 0.1) is 0 Å². The first-order valence-corrected chi connectivity index (χ1v) is 19.0. The highest BCUT2D eigenvalue weighted by Crippen LogP contribution is 2.44. The molecule has 0 unspecified atom stereocenters. The third kappa shape index (κ3) is 4.60. The smallest absolute Gasteiger partial charge is 0.160 e. The summed E-state index contributed by atoms with van der Waals surface area (Å²) in [6, 6.07) is 58.2. The highest BCUT2D eigenvalue weighted by Gasteiger charge is 2.19. The zero-order valence-electron chi connectivity index (χ0n) is 27.7. The zero-order chi connectivity index (χ0) is 34.2. The van der Waals surface area contributed by atoms with E-state index in [1.807, 2.05) is 29.5 Å². The van der Waals surface area contributed by atoms with Gasteiger partial charge in [0.25, 0.3) is 0 Å². The monoisotopic (exact) mass is 697 g/mol. The van der Waals surface area contributed by atoms with Crippen molar-refractivity contribution >= 4 is 84.8 Å². The van der Waals surface area contributed by atoms with E-state index in [4.69, 9.17) is 15.0 Å². The van der Waals surface area contributed by atoms with Crippen molar-refractivity contribution < 1.29 is 0 Å². The lowest BCUT2D eigenvalue weighted by Gasteiger charge is -2.11. The van der Waals surface area contributed by atoms with Crippen molar-refractivity contribution in [3.63, 3.8) is 0 Å². The van der Waals surface area contributed by atoms with Crippen molar-refractivity contribution in [1.29, 1.82) is 0 Å². The minimum atomic E-state index is 0.745. The molecule has 0 radical (unpaired) electrons. The lowest BCUT2D eigenvalue weighted by molar-refractivity contribution is 1.24. The molecule has 52 heavy (non-hydrogen) atoms. The minimum Gasteiger partial charge on any atom is -0.246 e. The van der Waals surface area contributed by atoms with Crippen LogP contribution in [0.2, 0.25) is 0 Å². The second-order valence-electron chi connectivity index (χ2n) is 13.1. The summed E-state index contributed by atoms with van der Waals surface area (Å²) in [6.07, 6.45) is 0. The molecule has 0 aliphatic carbocycles. The topological polar surface area (TPSA) is 38.7 Å². The molecule has 0 saturated heterocycles. The van der Waals surface area contributed by atoms with Crippen LogP contribution in [0.3, 0.4) is 0 Å². The predicted molar refractivity (Wildman–Crippen MR) is 222 cm³/mol. The number of hydrogen-bond donors (Lipinski definition) is 0. The Morgan fingerprint density at radius 1 is 0.327 bits per heavy atom. The van der Waals surface area contributed by atoms with Crippen molar-refractivity contribution in [1.82, 2.24) is 15.0 Å². The van der Waals surface area contributed by atoms with E-state index in [9.17, 15) is 0 Å². The maximum absolute atomic E-state index is 5.41. The van der Waals surface area contributed by atoms with Crippen LogP contribution < -0.4 is 0 Å². The van der Waals surface area contributed by atoms with Gasteiger partial charge >= 0.3 is 0 Å². The van der Waals surface area contributed by atoms with Gasteiger partial charge in [-0.15, -0.1) is 22.7 Å². The lowest BCUT2D eigenvalue weighted by Crippen LogP contribution is -1.93. The van der Waals surface area contributed by atoms with Crippen LogP contribution in [0.15, 0.2) is 164 Å². The Bertz CT molecular complexity index is 3160. The Balaban J connectivity index is 1.01. The van der Waals surface area contributed by atoms with E-state index in [0.717, 1.165) is 60.8 Å². The molecule has 0 N–H and O–H groups in total. The number of rotatable bonds is 4. The van der Waals surface area contributed by atoms with Crippen LogP contribution in [-0.4, -0.2) is 15.0 Å². The van der Waals surface area contributed by atoms with Crippen molar-refractivity contribution in [3.8, 4) is 45.0 Å². The molecule has 0 saturated carbocycles. The van der Waals surface area contributed by atoms with Crippen LogP contribution >= 0.6 is 22.7 Å². The van der Waals surface area contributed by atoms with Gasteiger partial charge in [0, 0.05) is 53.0 Å². The van der Waals surface area contributed by atoms with E-state index < -0.39 is 0 Å². The van der Waals surface area contributed by atoms with Gasteiger partial charge < -0.3 is 0 Å². The van der Waals surface area contributed by atoms with E-state index >= 15 is 0 Å². The molecular weight excluding hydrogens is 671 g/mol. The molecule has 5 heteroatoms. The summed E-state index contributed by atoms with van der Waals surface area (Å²) >= 11 is 3.59. The SMILES string of the molecule is c1ccc(-c2nc(-c3ccc(-c4ccc(-c5nc6c7ccccc7ccc6c6c5sc5ccccc56)cc4)cc3)c3sc4ccccc4c3n2)cc1. The van der Waals surface area contributed by atoms with Gasteiger partial charge in [-0.1, -0.05) is 152 Å². The molecule has 0 aliphatic rings. The first-order chi connectivity index (χ1) is 25.8. The molecule has 0 amide bonds. The Hall–Kier alpha value is -6.27. The number of fused-ring (bicyclic) bond motifs is 10. The van der Waals surface area contributed by atoms with Gasteiger partial charge in [0.15, 0.2) is 5.82 Å². The van der Waals surface area contributed by atoms with Gasteiger partial charge in [-0.3, -0.25) is 0 Å². The van der Waals surface area contributed by atoms with E-state index in [1.165, 1.54) is 46.4 Å². The summed E-state index contributed by atoms with van der Waals surface area (Å²) in [6.45, 7) is 0. The molecule has 0 bridgehead atoms. The van der Waals surface area contributed by atoms with E-state index in [1.54, 1.807) is 11.3 Å². The average molecular weight is 698 g/mol. The van der Waals surface area contributed by atoms with Gasteiger partial charge in [-0.25, -0.2) is 15.0 Å². The van der Waals surface area contributed by atoms with Gasteiger partial charge in [0.1, 0.15) is 0 Å². The molecule has 4 aromatic heterocycles. The predicted octanol–water partition coefficient (Wildman–Crippen LogP) is 13.6.